The van der Waals surface area contributed by atoms with Crippen LogP contribution >= 0.6 is 11.6 Å². The van der Waals surface area contributed by atoms with E-state index in [4.69, 9.17) is 30.0 Å². The topological polar surface area (TPSA) is 108 Å². The van der Waals surface area contributed by atoms with Gasteiger partial charge in [-0.2, -0.15) is 8.42 Å². The van der Waals surface area contributed by atoms with E-state index < -0.39 is 16.1 Å². The Kier molecular flexibility index (Phi) is 10.5. The minimum absolute atomic E-state index is 0.0665. The molecule has 0 radical (unpaired) electrons. The van der Waals surface area contributed by atoms with Crippen LogP contribution in [-0.2, 0) is 26.1 Å². The van der Waals surface area contributed by atoms with Gasteiger partial charge in [-0.1, -0.05) is 37.1 Å². The number of benzene rings is 2. The zero-order valence-electron chi connectivity index (χ0n) is 19.4. The summed E-state index contributed by atoms with van der Waals surface area (Å²) in [5, 5.41) is 9.47. The lowest BCUT2D eigenvalue weighted by Gasteiger charge is -2.14. The maximum absolute atomic E-state index is 11.3. The summed E-state index contributed by atoms with van der Waals surface area (Å²) in [6.07, 6.45) is 4.71. The molecule has 0 aliphatic carbocycles. The molecule has 0 amide bonds. The minimum atomic E-state index is -3.67. The Labute approximate surface area is 205 Å². The predicted octanol–water partition coefficient (Wildman–Crippen LogP) is 4.94. The lowest BCUT2D eigenvalue weighted by Crippen LogP contribution is -2.07. The standard InChI is InChI=1S/C24H29ClO8S/c1-4-6-12-31-22-15-18(16-23(24(26)27)30-5-2)8-10-21(22)32-13-11-17-7-9-20(19(25)14-17)33-34(3,28)29/h7-10,14-16H,4-6,11-13H2,1-3H3,(H,26,27)/b23-16-. The third kappa shape index (κ3) is 9.15. The Hall–Kier alpha value is -2.91. The molecule has 10 heteroatoms. The van der Waals surface area contributed by atoms with Gasteiger partial charge in [-0.15, -0.1) is 0 Å². The van der Waals surface area contributed by atoms with Gasteiger partial charge in [0, 0.05) is 6.42 Å². The van der Waals surface area contributed by atoms with Gasteiger partial charge in [0.1, 0.15) is 0 Å². The maximum atomic E-state index is 11.3. The summed E-state index contributed by atoms with van der Waals surface area (Å²) in [7, 11) is -3.67. The van der Waals surface area contributed by atoms with Crippen LogP contribution in [0.25, 0.3) is 6.08 Å². The molecule has 0 aliphatic heterocycles. The second-order valence-electron chi connectivity index (χ2n) is 7.31. The van der Waals surface area contributed by atoms with Crippen molar-refractivity contribution in [1.29, 1.82) is 0 Å². The molecule has 2 rings (SSSR count). The zero-order valence-corrected chi connectivity index (χ0v) is 20.9. The Bertz CT molecular complexity index is 1110. The van der Waals surface area contributed by atoms with Crippen molar-refractivity contribution in [2.24, 2.45) is 0 Å². The molecule has 186 valence electrons. The quantitative estimate of drug-likeness (QED) is 0.164. The van der Waals surface area contributed by atoms with Crippen LogP contribution in [0.5, 0.6) is 17.2 Å². The van der Waals surface area contributed by atoms with Gasteiger partial charge >= 0.3 is 16.1 Å². The number of carbonyl (C=O) groups is 1. The van der Waals surface area contributed by atoms with Crippen molar-refractivity contribution in [3.8, 4) is 17.2 Å². The van der Waals surface area contributed by atoms with Gasteiger partial charge in [-0.25, -0.2) is 4.79 Å². The van der Waals surface area contributed by atoms with Gasteiger partial charge in [0.05, 0.1) is 31.1 Å². The molecule has 2 aromatic rings. The molecule has 0 bridgehead atoms. The molecule has 2 aromatic carbocycles. The molecular weight excluding hydrogens is 484 g/mol. The fraction of sp³-hybridized carbons (Fsp3) is 0.375. The second-order valence-corrected chi connectivity index (χ2v) is 9.29. The molecular formula is C24H29ClO8S. The first kappa shape index (κ1) is 27.3. The van der Waals surface area contributed by atoms with E-state index in [0.717, 1.165) is 24.7 Å². The van der Waals surface area contributed by atoms with Gasteiger partial charge < -0.3 is 23.5 Å². The zero-order chi connectivity index (χ0) is 25.1. The van der Waals surface area contributed by atoms with Crippen LogP contribution in [0.15, 0.2) is 42.2 Å². The summed E-state index contributed by atoms with van der Waals surface area (Å²) in [5.74, 6) is -0.224. The predicted molar refractivity (Wildman–Crippen MR) is 130 cm³/mol. The number of unbranched alkanes of at least 4 members (excludes halogenated alkanes) is 1. The lowest BCUT2D eigenvalue weighted by molar-refractivity contribution is -0.136. The first-order chi connectivity index (χ1) is 16.1. The molecule has 8 nitrogen and oxygen atoms in total. The molecule has 0 saturated carbocycles. The highest BCUT2D eigenvalue weighted by Crippen LogP contribution is 2.31. The summed E-state index contributed by atoms with van der Waals surface area (Å²) in [4.78, 5) is 11.3. The van der Waals surface area contributed by atoms with Gasteiger partial charge in [0.25, 0.3) is 0 Å². The molecule has 0 atom stereocenters. The highest BCUT2D eigenvalue weighted by atomic mass is 35.5. The normalized spacial score (nSPS) is 11.7. The first-order valence-corrected chi connectivity index (χ1v) is 13.0. The van der Waals surface area contributed by atoms with Crippen LogP contribution in [0.4, 0.5) is 0 Å². The molecule has 0 spiro atoms. The van der Waals surface area contributed by atoms with E-state index in [1.807, 2.05) is 0 Å². The smallest absolute Gasteiger partial charge is 0.371 e. The summed E-state index contributed by atoms with van der Waals surface area (Å²) >= 11 is 6.12. The van der Waals surface area contributed by atoms with E-state index in [1.165, 1.54) is 12.1 Å². The Morgan fingerprint density at radius 3 is 2.35 bits per heavy atom. The molecule has 0 fully saturated rings. The lowest BCUT2D eigenvalue weighted by atomic mass is 10.1. The SMILES string of the molecule is CCCCOc1cc(/C=C(\OCC)C(=O)O)ccc1OCCc1ccc(OS(C)(=O)=O)c(Cl)c1. The molecule has 0 aliphatic rings. The van der Waals surface area contributed by atoms with E-state index in [-0.39, 0.29) is 23.1 Å². The highest BCUT2D eigenvalue weighted by molar-refractivity contribution is 7.86. The number of carboxylic acid groups (broad SMARTS) is 1. The average molecular weight is 513 g/mol. The van der Waals surface area contributed by atoms with E-state index in [1.54, 1.807) is 37.3 Å². The highest BCUT2D eigenvalue weighted by Gasteiger charge is 2.12. The number of aliphatic carboxylic acids is 1. The Balaban J connectivity index is 2.13. The number of hydrogen-bond acceptors (Lipinski definition) is 7. The monoisotopic (exact) mass is 512 g/mol. The first-order valence-electron chi connectivity index (χ1n) is 10.8. The van der Waals surface area contributed by atoms with Crippen LogP contribution in [0.3, 0.4) is 0 Å². The molecule has 0 unspecified atom stereocenters. The third-order valence-electron chi connectivity index (χ3n) is 4.42. The minimum Gasteiger partial charge on any atom is -0.490 e. The van der Waals surface area contributed by atoms with Crippen LogP contribution in [0.1, 0.15) is 37.8 Å². The number of carboxylic acids is 1. The summed E-state index contributed by atoms with van der Waals surface area (Å²) in [5.41, 5.74) is 1.44. The largest absolute Gasteiger partial charge is 0.490 e. The number of hydrogen-bond donors (Lipinski definition) is 1. The van der Waals surface area contributed by atoms with Gasteiger partial charge in [0.15, 0.2) is 17.2 Å². The molecule has 1 N–H and O–H groups in total. The van der Waals surface area contributed by atoms with Crippen molar-refractivity contribution in [1.82, 2.24) is 0 Å². The molecule has 0 saturated heterocycles. The van der Waals surface area contributed by atoms with Crippen LogP contribution in [0, 0.1) is 0 Å². The number of rotatable bonds is 14. The van der Waals surface area contributed by atoms with Gasteiger partial charge in [0.2, 0.25) is 5.76 Å². The van der Waals surface area contributed by atoms with Crippen molar-refractivity contribution < 1.29 is 36.7 Å². The third-order valence-corrected chi connectivity index (χ3v) is 5.20. The van der Waals surface area contributed by atoms with Crippen LogP contribution in [-0.4, -0.2) is 45.6 Å². The fourth-order valence-corrected chi connectivity index (χ4v) is 3.61. The average Bonchev–Trinajstić information content (AvgIpc) is 2.76. The maximum Gasteiger partial charge on any atom is 0.371 e. The van der Waals surface area contributed by atoms with E-state index in [0.29, 0.717) is 36.7 Å². The summed E-state index contributed by atoms with van der Waals surface area (Å²) in [6, 6.07) is 9.98. The van der Waals surface area contributed by atoms with Crippen LogP contribution in [0.2, 0.25) is 5.02 Å². The van der Waals surface area contributed by atoms with Crippen LogP contribution < -0.4 is 13.7 Å². The van der Waals surface area contributed by atoms with E-state index >= 15 is 0 Å². The fourth-order valence-electron chi connectivity index (χ4n) is 2.85. The van der Waals surface area contributed by atoms with Gasteiger partial charge in [-0.05, 0) is 54.8 Å². The molecule has 0 aromatic heterocycles. The van der Waals surface area contributed by atoms with Crippen molar-refractivity contribution >= 4 is 33.8 Å². The second kappa shape index (κ2) is 13.1. The summed E-state index contributed by atoms with van der Waals surface area (Å²) in [6.45, 7) is 4.81. The summed E-state index contributed by atoms with van der Waals surface area (Å²) < 4.78 is 44.4. The Morgan fingerprint density at radius 2 is 1.74 bits per heavy atom. The van der Waals surface area contributed by atoms with Crippen molar-refractivity contribution in [2.75, 3.05) is 26.1 Å². The van der Waals surface area contributed by atoms with Gasteiger partial charge in [-0.3, -0.25) is 0 Å². The van der Waals surface area contributed by atoms with Crippen molar-refractivity contribution in [2.45, 2.75) is 33.1 Å². The molecule has 0 heterocycles. The Morgan fingerprint density at radius 1 is 1.03 bits per heavy atom. The number of ether oxygens (including phenoxy) is 3. The van der Waals surface area contributed by atoms with E-state index in [9.17, 15) is 18.3 Å². The van der Waals surface area contributed by atoms with Crippen molar-refractivity contribution in [3.05, 3.63) is 58.3 Å². The molecule has 34 heavy (non-hydrogen) atoms. The van der Waals surface area contributed by atoms with Crippen molar-refractivity contribution in [3.63, 3.8) is 0 Å². The number of halogens is 1. The van der Waals surface area contributed by atoms with E-state index in [2.05, 4.69) is 6.92 Å².